The zero-order valence-corrected chi connectivity index (χ0v) is 13.1. The number of fused-ring (bicyclic) bond motifs is 2. The average molecular weight is 302 g/mol. The molecule has 0 fully saturated rings. The van der Waals surface area contributed by atoms with Crippen LogP contribution < -0.4 is 4.74 Å². The monoisotopic (exact) mass is 302 g/mol. The molecule has 114 valence electrons. The maximum absolute atomic E-state index is 12.2. The van der Waals surface area contributed by atoms with Crippen LogP contribution in [0.15, 0.2) is 54.6 Å². The summed E-state index contributed by atoms with van der Waals surface area (Å²) in [4.78, 5) is 12.2. The van der Waals surface area contributed by atoms with Crippen LogP contribution in [0.4, 0.5) is 0 Å². The molecule has 4 rings (SSSR count). The van der Waals surface area contributed by atoms with Gasteiger partial charge in [-0.2, -0.15) is 0 Å². The van der Waals surface area contributed by atoms with Crippen molar-refractivity contribution in [2.45, 2.75) is 19.3 Å². The lowest BCUT2D eigenvalue weighted by Gasteiger charge is -2.21. The molecule has 0 atom stereocenters. The van der Waals surface area contributed by atoms with Crippen molar-refractivity contribution in [3.8, 4) is 16.9 Å². The van der Waals surface area contributed by atoms with Crippen LogP contribution in [0.2, 0.25) is 0 Å². The first kappa shape index (κ1) is 14.0. The molecular weight excluding hydrogens is 284 g/mol. The van der Waals surface area contributed by atoms with E-state index in [1.54, 1.807) is 7.11 Å². The van der Waals surface area contributed by atoms with Gasteiger partial charge in [-0.3, -0.25) is 4.79 Å². The van der Waals surface area contributed by atoms with E-state index in [1.165, 1.54) is 10.8 Å². The zero-order chi connectivity index (χ0) is 15.8. The third-order valence-corrected chi connectivity index (χ3v) is 4.66. The molecule has 0 saturated carbocycles. The smallest absolute Gasteiger partial charge is 0.163 e. The summed E-state index contributed by atoms with van der Waals surface area (Å²) >= 11 is 0. The molecule has 1 aliphatic carbocycles. The van der Waals surface area contributed by atoms with Gasteiger partial charge in [0, 0.05) is 17.5 Å². The van der Waals surface area contributed by atoms with Crippen LogP contribution in [0.3, 0.4) is 0 Å². The second-order valence-electron chi connectivity index (χ2n) is 6.01. The standard InChI is InChI=1S/C21H18O2/c1-23-20-12-11-17-18(7-4-8-19(17)22)21(20)16-10-9-14-5-2-3-6-15(14)13-16/h2-3,5-6,9-13H,4,7-8H2,1H3. The lowest BCUT2D eigenvalue weighted by molar-refractivity contribution is 0.0972. The van der Waals surface area contributed by atoms with Crippen molar-refractivity contribution in [2.75, 3.05) is 7.11 Å². The summed E-state index contributed by atoms with van der Waals surface area (Å²) in [5, 5.41) is 2.42. The van der Waals surface area contributed by atoms with Crippen LogP contribution in [-0.2, 0) is 6.42 Å². The molecule has 0 radical (unpaired) electrons. The summed E-state index contributed by atoms with van der Waals surface area (Å²) in [5.41, 5.74) is 4.19. The Morgan fingerprint density at radius 1 is 0.913 bits per heavy atom. The second kappa shape index (κ2) is 5.54. The summed E-state index contributed by atoms with van der Waals surface area (Å²) < 4.78 is 5.60. The molecule has 1 aliphatic rings. The number of carbonyl (C=O) groups excluding carboxylic acids is 1. The van der Waals surface area contributed by atoms with Gasteiger partial charge in [0.15, 0.2) is 5.78 Å². The summed E-state index contributed by atoms with van der Waals surface area (Å²) in [5.74, 6) is 1.09. The van der Waals surface area contributed by atoms with Crippen LogP contribution in [-0.4, -0.2) is 12.9 Å². The number of carbonyl (C=O) groups is 1. The van der Waals surface area contributed by atoms with Gasteiger partial charge < -0.3 is 4.74 Å². The minimum Gasteiger partial charge on any atom is -0.496 e. The quantitative estimate of drug-likeness (QED) is 0.663. The number of hydrogen-bond acceptors (Lipinski definition) is 2. The van der Waals surface area contributed by atoms with Crippen molar-refractivity contribution in [1.82, 2.24) is 0 Å². The molecule has 0 bridgehead atoms. The van der Waals surface area contributed by atoms with Gasteiger partial charge in [0.25, 0.3) is 0 Å². The summed E-state index contributed by atoms with van der Waals surface area (Å²) in [6, 6.07) is 18.6. The summed E-state index contributed by atoms with van der Waals surface area (Å²) in [6.07, 6.45) is 2.50. The largest absolute Gasteiger partial charge is 0.496 e. The fourth-order valence-electron chi connectivity index (χ4n) is 3.54. The molecule has 0 N–H and O–H groups in total. The topological polar surface area (TPSA) is 26.3 Å². The van der Waals surface area contributed by atoms with Gasteiger partial charge >= 0.3 is 0 Å². The first-order valence-corrected chi connectivity index (χ1v) is 8.00. The Hall–Kier alpha value is -2.61. The molecule has 0 unspecified atom stereocenters. The van der Waals surface area contributed by atoms with E-state index < -0.39 is 0 Å². The number of hydrogen-bond donors (Lipinski definition) is 0. The van der Waals surface area contributed by atoms with E-state index in [-0.39, 0.29) is 5.78 Å². The van der Waals surface area contributed by atoms with Gasteiger partial charge in [-0.15, -0.1) is 0 Å². The van der Waals surface area contributed by atoms with Gasteiger partial charge in [0.05, 0.1) is 7.11 Å². The van der Waals surface area contributed by atoms with Crippen LogP contribution in [0.1, 0.15) is 28.8 Å². The Morgan fingerprint density at radius 3 is 2.57 bits per heavy atom. The molecule has 3 aromatic rings. The van der Waals surface area contributed by atoms with Crippen molar-refractivity contribution >= 4 is 16.6 Å². The number of Topliss-reactive ketones (excluding diaryl/α,β-unsaturated/α-hetero) is 1. The van der Waals surface area contributed by atoms with E-state index >= 15 is 0 Å². The molecule has 0 heterocycles. The van der Waals surface area contributed by atoms with E-state index in [9.17, 15) is 4.79 Å². The van der Waals surface area contributed by atoms with E-state index in [4.69, 9.17) is 4.74 Å². The number of methoxy groups -OCH3 is 1. The molecule has 2 heteroatoms. The first-order chi connectivity index (χ1) is 11.3. The van der Waals surface area contributed by atoms with Crippen LogP contribution in [0, 0.1) is 0 Å². The molecule has 0 aromatic heterocycles. The highest BCUT2D eigenvalue weighted by molar-refractivity contribution is 6.01. The van der Waals surface area contributed by atoms with Crippen LogP contribution >= 0.6 is 0 Å². The number of rotatable bonds is 2. The summed E-state index contributed by atoms with van der Waals surface area (Å²) in [7, 11) is 1.69. The van der Waals surface area contributed by atoms with Gasteiger partial charge in [-0.1, -0.05) is 36.4 Å². The molecular formula is C21H18O2. The normalized spacial score (nSPS) is 13.9. The molecule has 0 spiro atoms. The van der Waals surface area contributed by atoms with Crippen LogP contribution in [0.25, 0.3) is 21.9 Å². The van der Waals surface area contributed by atoms with E-state index in [0.29, 0.717) is 6.42 Å². The molecule has 3 aromatic carbocycles. The minimum absolute atomic E-state index is 0.246. The van der Waals surface area contributed by atoms with E-state index in [2.05, 4.69) is 30.3 Å². The predicted molar refractivity (Wildman–Crippen MR) is 93.2 cm³/mol. The average Bonchev–Trinajstić information content (AvgIpc) is 2.60. The second-order valence-corrected chi connectivity index (χ2v) is 6.01. The van der Waals surface area contributed by atoms with E-state index in [0.717, 1.165) is 40.8 Å². The maximum atomic E-state index is 12.2. The van der Waals surface area contributed by atoms with Gasteiger partial charge in [-0.25, -0.2) is 0 Å². The fraction of sp³-hybridized carbons (Fsp3) is 0.190. The minimum atomic E-state index is 0.246. The zero-order valence-electron chi connectivity index (χ0n) is 13.1. The lowest BCUT2D eigenvalue weighted by atomic mass is 9.84. The van der Waals surface area contributed by atoms with Gasteiger partial charge in [0.2, 0.25) is 0 Å². The van der Waals surface area contributed by atoms with Crippen molar-refractivity contribution in [2.24, 2.45) is 0 Å². The van der Waals surface area contributed by atoms with E-state index in [1.807, 2.05) is 24.3 Å². The fourth-order valence-corrected chi connectivity index (χ4v) is 3.54. The predicted octanol–water partition coefficient (Wildman–Crippen LogP) is 5.03. The van der Waals surface area contributed by atoms with Crippen molar-refractivity contribution < 1.29 is 9.53 Å². The van der Waals surface area contributed by atoms with Gasteiger partial charge in [-0.05, 0) is 52.9 Å². The Labute approximate surface area is 135 Å². The third kappa shape index (κ3) is 2.31. The number of ketones is 1. The van der Waals surface area contributed by atoms with Crippen molar-refractivity contribution in [3.63, 3.8) is 0 Å². The molecule has 0 amide bonds. The highest BCUT2D eigenvalue weighted by Gasteiger charge is 2.23. The number of benzene rings is 3. The highest BCUT2D eigenvalue weighted by Crippen LogP contribution is 2.39. The third-order valence-electron chi connectivity index (χ3n) is 4.66. The molecule has 0 saturated heterocycles. The van der Waals surface area contributed by atoms with Crippen molar-refractivity contribution in [3.05, 3.63) is 65.7 Å². The highest BCUT2D eigenvalue weighted by atomic mass is 16.5. The molecule has 0 aliphatic heterocycles. The SMILES string of the molecule is COc1ccc2c(c1-c1ccc3ccccc3c1)CCCC2=O. The number of ether oxygens (including phenoxy) is 1. The maximum Gasteiger partial charge on any atom is 0.163 e. The Kier molecular flexibility index (Phi) is 3.38. The Balaban J connectivity index is 1.98. The van der Waals surface area contributed by atoms with Gasteiger partial charge in [0.1, 0.15) is 5.75 Å². The molecule has 2 nitrogen and oxygen atoms in total. The van der Waals surface area contributed by atoms with Crippen molar-refractivity contribution in [1.29, 1.82) is 0 Å². The van der Waals surface area contributed by atoms with Crippen LogP contribution in [0.5, 0.6) is 5.75 Å². The first-order valence-electron chi connectivity index (χ1n) is 8.00. The summed E-state index contributed by atoms with van der Waals surface area (Å²) in [6.45, 7) is 0. The molecule has 23 heavy (non-hydrogen) atoms. The Bertz CT molecular complexity index is 909. The Morgan fingerprint density at radius 2 is 1.74 bits per heavy atom. The lowest BCUT2D eigenvalue weighted by Crippen LogP contribution is -2.12.